The molecule has 0 spiro atoms. The van der Waals surface area contributed by atoms with Crippen molar-refractivity contribution in [3.05, 3.63) is 95.1 Å². The number of benzene rings is 5. The summed E-state index contributed by atoms with van der Waals surface area (Å²) in [4.78, 5) is 9.04. The molecular formula is C45H40N10O18S7. The molecule has 0 bridgehead atoms. The Morgan fingerprint density at radius 3 is 1.98 bits per heavy atom. The highest BCUT2D eigenvalue weighted by atomic mass is 32.2. The van der Waals surface area contributed by atoms with Crippen LogP contribution in [0.1, 0.15) is 35.1 Å². The predicted molar refractivity (Wildman–Crippen MR) is 290 cm³/mol. The molecule has 3 heterocycles. The van der Waals surface area contributed by atoms with E-state index in [-0.39, 0.29) is 86.2 Å². The average Bonchev–Trinajstić information content (AvgIpc) is 4.14. The van der Waals surface area contributed by atoms with E-state index < -0.39 is 63.1 Å². The number of aromatic hydroxyl groups is 1. The summed E-state index contributed by atoms with van der Waals surface area (Å²) in [5, 5.41) is 49.7. The highest BCUT2D eigenvalue weighted by Gasteiger charge is 2.23. The largest absolute Gasteiger partial charge is 0.497 e. The molecule has 0 fully saturated rings. The van der Waals surface area contributed by atoms with Gasteiger partial charge in [-0.25, -0.2) is 9.97 Å². The molecule has 420 valence electrons. The van der Waals surface area contributed by atoms with E-state index in [4.69, 9.17) is 34.7 Å². The van der Waals surface area contributed by atoms with Crippen molar-refractivity contribution in [3.8, 4) is 23.4 Å². The summed E-state index contributed by atoms with van der Waals surface area (Å²) < 4.78 is 163. The molecule has 0 saturated carbocycles. The Morgan fingerprint density at radius 1 is 0.738 bits per heavy atom. The summed E-state index contributed by atoms with van der Waals surface area (Å²) in [6.45, 7) is 4.82. The van der Waals surface area contributed by atoms with Gasteiger partial charge in [0, 0.05) is 28.0 Å². The zero-order valence-electron chi connectivity index (χ0n) is 41.5. The number of imidazole rings is 1. The first-order valence-corrected chi connectivity index (χ1v) is 30.7. The molecule has 8 rings (SSSR count). The third kappa shape index (κ3) is 15.9. The van der Waals surface area contributed by atoms with Crippen LogP contribution in [0.25, 0.3) is 37.7 Å². The van der Waals surface area contributed by atoms with Crippen LogP contribution in [-0.2, 0) is 51.6 Å². The molecule has 5 aromatic carbocycles. The number of hydrogen-bond acceptors (Lipinski definition) is 26. The molecule has 0 aliphatic rings. The molecule has 35 heteroatoms. The van der Waals surface area contributed by atoms with E-state index in [1.54, 1.807) is 81.4 Å². The number of methoxy groups -OCH3 is 1. The number of nitriles is 1. The Morgan fingerprint density at radius 2 is 1.34 bits per heavy atom. The van der Waals surface area contributed by atoms with Crippen LogP contribution >= 0.6 is 23.1 Å². The minimum atomic E-state index is -4.66. The third-order valence-corrected chi connectivity index (χ3v) is 15.5. The zero-order valence-corrected chi connectivity index (χ0v) is 47.2. The topological polar surface area (TPSA) is 432 Å². The fourth-order valence-electron chi connectivity index (χ4n) is 7.40. The van der Waals surface area contributed by atoms with E-state index in [0.29, 0.717) is 59.7 Å². The number of rotatable bonds is 18. The number of nitrogens with zero attached hydrogens (tertiary/aromatic N) is 10. The monoisotopic (exact) mass is 1230 g/mol. The molecule has 28 nitrogen and oxygen atoms in total. The number of ether oxygens (including phenoxy) is 2. The van der Waals surface area contributed by atoms with Crippen molar-refractivity contribution >= 4 is 146 Å². The molecule has 3 aromatic heterocycles. The van der Waals surface area contributed by atoms with Crippen LogP contribution in [0.2, 0.25) is 0 Å². The summed E-state index contributed by atoms with van der Waals surface area (Å²) in [6, 6.07) is 21.9. The lowest BCUT2D eigenvalue weighted by atomic mass is 10.1. The quantitative estimate of drug-likeness (QED) is 0.0269. The smallest absolute Gasteiger partial charge is 0.425 e. The molecule has 4 N–H and O–H groups in total. The van der Waals surface area contributed by atoms with Crippen LogP contribution in [-0.4, -0.2) is 115 Å². The third-order valence-electron chi connectivity index (χ3n) is 10.9. The van der Waals surface area contributed by atoms with Crippen LogP contribution in [0.15, 0.2) is 113 Å². The molecule has 0 aliphatic carbocycles. The number of fused-ring (bicyclic) bond motifs is 6. The second kappa shape index (κ2) is 26.0. The van der Waals surface area contributed by atoms with Crippen LogP contribution in [0.4, 0.5) is 33.6 Å². The van der Waals surface area contributed by atoms with Gasteiger partial charge in [-0.15, -0.1) is 62.6 Å². The Balaban J connectivity index is 0.00000121. The van der Waals surface area contributed by atoms with Gasteiger partial charge < -0.3 is 14.6 Å². The lowest BCUT2D eigenvalue weighted by Gasteiger charge is -2.12. The molecule has 0 saturated heterocycles. The number of aromatic nitrogens is 3. The van der Waals surface area contributed by atoms with Gasteiger partial charge in [-0.2, -0.15) is 35.6 Å². The fourth-order valence-corrected chi connectivity index (χ4v) is 11.2. The van der Waals surface area contributed by atoms with Gasteiger partial charge in [-0.05, 0) is 92.3 Å². The van der Waals surface area contributed by atoms with Crippen molar-refractivity contribution in [1.82, 2.24) is 14.4 Å². The highest BCUT2D eigenvalue weighted by Crippen LogP contribution is 2.44. The molecule has 0 amide bonds. The first-order valence-electron chi connectivity index (χ1n) is 22.2. The zero-order chi connectivity index (χ0) is 58.9. The molecule has 0 atom stereocenters. The second-order valence-corrected chi connectivity index (χ2v) is 23.8. The van der Waals surface area contributed by atoms with E-state index in [1.165, 1.54) is 35.4 Å². The van der Waals surface area contributed by atoms with Crippen molar-refractivity contribution in [2.45, 2.75) is 43.4 Å². The van der Waals surface area contributed by atoms with E-state index in [1.807, 2.05) is 0 Å². The van der Waals surface area contributed by atoms with Gasteiger partial charge in [0.2, 0.25) is 11.0 Å². The average molecular weight is 1230 g/mol. The Bertz CT molecular complexity index is 4450. The van der Waals surface area contributed by atoms with E-state index >= 15 is 0 Å². The van der Waals surface area contributed by atoms with E-state index in [9.17, 15) is 49.3 Å². The fraction of sp³-hybridized carbons (Fsp3) is 0.222. The first-order chi connectivity index (χ1) is 37.6. The van der Waals surface area contributed by atoms with E-state index in [2.05, 4.69) is 46.7 Å². The molecule has 0 radical (unpaired) electrons. The lowest BCUT2D eigenvalue weighted by Crippen LogP contribution is -2.08. The van der Waals surface area contributed by atoms with Crippen molar-refractivity contribution < 1.29 is 78.7 Å². The highest BCUT2D eigenvalue weighted by molar-refractivity contribution is 7.99. The minimum Gasteiger partial charge on any atom is -0.497 e. The Labute approximate surface area is 465 Å². The number of aryl methyl sites for hydroxylation is 2. The Hall–Kier alpha value is -7.79. The molecule has 80 heavy (non-hydrogen) atoms. The number of thiazole rings is 1. The van der Waals surface area contributed by atoms with Crippen molar-refractivity contribution in [2.24, 2.45) is 30.7 Å². The van der Waals surface area contributed by atoms with E-state index in [0.717, 1.165) is 11.3 Å². The van der Waals surface area contributed by atoms with Gasteiger partial charge in [0.25, 0.3) is 30.4 Å². The summed E-state index contributed by atoms with van der Waals surface area (Å²) in [5.74, 6) is -0.702. The number of azo groups is 3. The number of thioether (sulfide) groups is 1. The number of pyridine rings is 1. The molecule has 0 unspecified atom stereocenters. The van der Waals surface area contributed by atoms with Gasteiger partial charge in [0.15, 0.2) is 11.3 Å². The first kappa shape index (κ1) is 61.4. The molecule has 0 aliphatic heterocycles. The summed E-state index contributed by atoms with van der Waals surface area (Å²) in [5.41, 5.74) is 3.61. The van der Waals surface area contributed by atoms with Crippen molar-refractivity contribution in [2.75, 3.05) is 31.0 Å². The van der Waals surface area contributed by atoms with Crippen LogP contribution in [0, 0.1) is 32.1 Å². The molecule has 8 aromatic rings. The summed E-state index contributed by atoms with van der Waals surface area (Å²) in [6.07, 6.45) is -0.0351. The van der Waals surface area contributed by atoms with Gasteiger partial charge in [-0.1, -0.05) is 35.6 Å². The van der Waals surface area contributed by atoms with Crippen LogP contribution in [0.5, 0.6) is 17.4 Å². The standard InChI is InChI=1S/C45H40N10O12S5.2O3S/c1-24-17-34(51-53-40-26(3)30(23-46)43-47-31-12-11-28(66-4)20-36(31)55(43)44(40)56)37(67-13-7-15-70(57,58)59)21-32(24)49-52-35-18-25(2)33(22-38(35)68-14-8-16-71(60,61)62)50-54-45-48-41-39(72(63,64)65)19-27-9-5-6-10-29(27)42(41)69-45;2*1-4(2)3/h5-6,9-12,17-22,56H,7-8,13-16H2,1-4H3,(H,57,58,59)(H,60,61,62)(H,63,64,65);;. The predicted octanol–water partition coefficient (Wildman–Crippen LogP) is 9.27. The lowest BCUT2D eigenvalue weighted by molar-refractivity contribution is 0.317. The maximum absolute atomic E-state index is 12.4. The second-order valence-electron chi connectivity index (χ2n) is 16.4. The Kier molecular flexibility index (Phi) is 20.0. The van der Waals surface area contributed by atoms with Crippen molar-refractivity contribution in [3.63, 3.8) is 0 Å². The summed E-state index contributed by atoms with van der Waals surface area (Å²) >= 11 is 2.28. The SMILES string of the molecule is COc1ccc2nc3c(C#N)c(C)c(N=Nc4cc(C)c(N=Nc5cc(C)c(N=Nc6nc7c(S(=O)(=O)O)cc8ccccc8c7s6)cc5SCCCS(=O)(=O)O)cc4OCCCS(=O)(=O)O)c(O)n3c2c1.O=S(=O)=O.O=S(=O)=O. The van der Waals surface area contributed by atoms with Crippen LogP contribution in [0.3, 0.4) is 0 Å². The van der Waals surface area contributed by atoms with Gasteiger partial charge in [0.1, 0.15) is 39.2 Å². The maximum atomic E-state index is 12.4. The van der Waals surface area contributed by atoms with Crippen molar-refractivity contribution in [1.29, 1.82) is 5.26 Å². The van der Waals surface area contributed by atoms with Gasteiger partial charge in [0.05, 0.1) is 58.0 Å². The summed E-state index contributed by atoms with van der Waals surface area (Å²) in [7, 11) is -18.0. The van der Waals surface area contributed by atoms with Gasteiger partial charge in [-0.3, -0.25) is 18.1 Å². The minimum absolute atomic E-state index is 0.0299. The maximum Gasteiger partial charge on any atom is 0.425 e. The number of hydrogen-bond donors (Lipinski definition) is 4. The normalized spacial score (nSPS) is 12.0. The molecular weight excluding hydrogens is 1190 g/mol. The van der Waals surface area contributed by atoms with Gasteiger partial charge >= 0.3 is 21.2 Å². The van der Waals surface area contributed by atoms with Crippen LogP contribution < -0.4 is 9.47 Å².